The molecule has 2 aliphatic rings. The maximum absolute atomic E-state index is 14.1. The van der Waals surface area contributed by atoms with Crippen molar-refractivity contribution in [3.05, 3.63) is 76.2 Å². The highest BCUT2D eigenvalue weighted by Crippen LogP contribution is 2.43. The first-order chi connectivity index (χ1) is 15.6. The summed E-state index contributed by atoms with van der Waals surface area (Å²) in [6.45, 7) is 4.76. The van der Waals surface area contributed by atoms with Crippen LogP contribution in [0.4, 0.5) is 4.39 Å². The monoisotopic (exact) mass is 454 g/mol. The first-order valence-corrected chi connectivity index (χ1v) is 11.2. The van der Waals surface area contributed by atoms with Gasteiger partial charge >= 0.3 is 0 Å². The zero-order chi connectivity index (χ0) is 22.1. The minimum Gasteiger partial charge on any atom is -0.379 e. The van der Waals surface area contributed by atoms with Crippen LogP contribution in [-0.4, -0.2) is 65.3 Å². The van der Waals surface area contributed by atoms with Crippen molar-refractivity contribution in [1.82, 2.24) is 20.0 Å². The number of carbonyl (C=O) groups excluding carboxylic acids is 1. The summed E-state index contributed by atoms with van der Waals surface area (Å²) < 4.78 is 19.6. The number of carbonyl (C=O) groups is 1. The molecule has 8 heteroatoms. The summed E-state index contributed by atoms with van der Waals surface area (Å²) in [6.07, 6.45) is 0.825. The highest BCUT2D eigenvalue weighted by molar-refractivity contribution is 6.30. The number of aromatic amines is 1. The van der Waals surface area contributed by atoms with Crippen LogP contribution in [0.2, 0.25) is 5.02 Å². The number of fused-ring (bicyclic) bond motifs is 1. The molecule has 166 valence electrons. The van der Waals surface area contributed by atoms with Crippen molar-refractivity contribution < 1.29 is 13.9 Å². The number of hydrogen-bond acceptors (Lipinski definition) is 4. The molecule has 6 nitrogen and oxygen atoms in total. The number of rotatable bonds is 6. The molecule has 0 aliphatic carbocycles. The van der Waals surface area contributed by atoms with Crippen molar-refractivity contribution in [2.24, 2.45) is 0 Å². The van der Waals surface area contributed by atoms with E-state index in [1.54, 1.807) is 18.2 Å². The molecule has 5 rings (SSSR count). The lowest BCUT2D eigenvalue weighted by molar-refractivity contribution is 0.0354. The molecule has 0 bridgehead atoms. The van der Waals surface area contributed by atoms with E-state index in [4.69, 9.17) is 16.3 Å². The van der Waals surface area contributed by atoms with Gasteiger partial charge < -0.3 is 9.64 Å². The van der Waals surface area contributed by atoms with Crippen molar-refractivity contribution in [2.75, 3.05) is 39.4 Å². The number of halogens is 2. The van der Waals surface area contributed by atoms with Crippen LogP contribution in [0.5, 0.6) is 0 Å². The number of benzene rings is 2. The van der Waals surface area contributed by atoms with Crippen molar-refractivity contribution in [1.29, 1.82) is 0 Å². The van der Waals surface area contributed by atoms with Crippen LogP contribution in [-0.2, 0) is 4.74 Å². The lowest BCUT2D eigenvalue weighted by Gasteiger charge is -2.29. The number of amides is 1. The SMILES string of the molecule is O=C1c2[nH]nc(-c3ccc(Cl)cc3)c2C(c2cccc(F)c2)N1CCCN1CCOCC1. The summed E-state index contributed by atoms with van der Waals surface area (Å²) in [5, 5.41) is 8.01. The molecule has 32 heavy (non-hydrogen) atoms. The van der Waals surface area contributed by atoms with E-state index in [-0.39, 0.29) is 11.7 Å². The molecule has 1 unspecified atom stereocenters. The fraction of sp³-hybridized carbons (Fsp3) is 0.333. The zero-order valence-electron chi connectivity index (χ0n) is 17.6. The summed E-state index contributed by atoms with van der Waals surface area (Å²) in [5.41, 5.74) is 3.54. The van der Waals surface area contributed by atoms with E-state index in [1.165, 1.54) is 12.1 Å². The molecule has 3 aromatic rings. The number of ether oxygens (including phenoxy) is 1. The number of nitrogens with one attached hydrogen (secondary N) is 1. The van der Waals surface area contributed by atoms with Crippen molar-refractivity contribution in [3.8, 4) is 11.3 Å². The summed E-state index contributed by atoms with van der Waals surface area (Å²) in [4.78, 5) is 17.5. The number of morpholine rings is 1. The van der Waals surface area contributed by atoms with E-state index in [0.717, 1.165) is 56.0 Å². The Labute approximate surface area is 190 Å². The second kappa shape index (κ2) is 9.02. The van der Waals surface area contributed by atoms with Gasteiger partial charge in [0.15, 0.2) is 0 Å². The minimum absolute atomic E-state index is 0.107. The molecule has 1 amide bonds. The second-order valence-corrected chi connectivity index (χ2v) is 8.57. The number of hydrogen-bond donors (Lipinski definition) is 1. The maximum atomic E-state index is 14.1. The molecule has 3 heterocycles. The fourth-order valence-electron chi connectivity index (χ4n) is 4.57. The van der Waals surface area contributed by atoms with Crippen molar-refractivity contribution in [2.45, 2.75) is 12.5 Å². The van der Waals surface area contributed by atoms with E-state index in [2.05, 4.69) is 15.1 Å². The van der Waals surface area contributed by atoms with E-state index in [9.17, 15) is 9.18 Å². The summed E-state index contributed by atoms with van der Waals surface area (Å²) in [6, 6.07) is 13.4. The third kappa shape index (κ3) is 4.03. The van der Waals surface area contributed by atoms with Crippen LogP contribution in [0.1, 0.15) is 34.1 Å². The minimum atomic E-state index is -0.401. The van der Waals surface area contributed by atoms with Crippen LogP contribution in [0, 0.1) is 5.82 Å². The van der Waals surface area contributed by atoms with Crippen LogP contribution in [0.15, 0.2) is 48.5 Å². The van der Waals surface area contributed by atoms with Gasteiger partial charge in [-0.2, -0.15) is 5.10 Å². The highest BCUT2D eigenvalue weighted by Gasteiger charge is 2.42. The molecular formula is C24H24ClFN4O2. The molecule has 0 radical (unpaired) electrons. The van der Waals surface area contributed by atoms with Gasteiger partial charge in [-0.1, -0.05) is 35.9 Å². The van der Waals surface area contributed by atoms with Gasteiger partial charge in [-0.05, 0) is 36.2 Å². The third-order valence-electron chi connectivity index (χ3n) is 6.12. The van der Waals surface area contributed by atoms with Crippen molar-refractivity contribution in [3.63, 3.8) is 0 Å². The summed E-state index contributed by atoms with van der Waals surface area (Å²) in [5.74, 6) is -0.433. The van der Waals surface area contributed by atoms with E-state index in [0.29, 0.717) is 23.0 Å². The largest absolute Gasteiger partial charge is 0.379 e. The Morgan fingerprint density at radius 1 is 1.12 bits per heavy atom. The normalized spacial score (nSPS) is 18.9. The summed E-state index contributed by atoms with van der Waals surface area (Å²) >= 11 is 6.06. The molecule has 0 saturated carbocycles. The Morgan fingerprint density at radius 3 is 2.66 bits per heavy atom. The predicted molar refractivity (Wildman–Crippen MR) is 120 cm³/mol. The smallest absolute Gasteiger partial charge is 0.273 e. The standard InChI is InChI=1S/C24H24ClFN4O2/c25-18-7-5-16(6-8-18)21-20-22(28-27-21)24(31)30(10-2-9-29-11-13-32-14-12-29)23(20)17-3-1-4-19(26)15-17/h1,3-8,15,23H,2,9-14H2,(H,27,28). The Kier molecular flexibility index (Phi) is 5.95. The quantitative estimate of drug-likeness (QED) is 0.608. The van der Waals surface area contributed by atoms with Crippen molar-refractivity contribution >= 4 is 17.5 Å². The number of aromatic nitrogens is 2. The van der Waals surface area contributed by atoms with Gasteiger partial charge in [0.25, 0.3) is 5.91 Å². The van der Waals surface area contributed by atoms with Gasteiger partial charge in [0.1, 0.15) is 11.5 Å². The first kappa shape index (κ1) is 21.1. The van der Waals surface area contributed by atoms with E-state index >= 15 is 0 Å². The molecule has 1 aromatic heterocycles. The predicted octanol–water partition coefficient (Wildman–Crippen LogP) is 4.14. The Bertz CT molecular complexity index is 1110. The third-order valence-corrected chi connectivity index (χ3v) is 6.37. The van der Waals surface area contributed by atoms with Gasteiger partial charge in [-0.25, -0.2) is 4.39 Å². The molecule has 1 fully saturated rings. The summed E-state index contributed by atoms with van der Waals surface area (Å²) in [7, 11) is 0. The maximum Gasteiger partial charge on any atom is 0.273 e. The van der Waals surface area contributed by atoms with Gasteiger partial charge in [0, 0.05) is 42.3 Å². The average Bonchev–Trinajstić information content (AvgIpc) is 3.34. The number of nitrogens with zero attached hydrogens (tertiary/aromatic N) is 3. The molecule has 1 saturated heterocycles. The fourth-order valence-corrected chi connectivity index (χ4v) is 4.69. The van der Waals surface area contributed by atoms with Crippen LogP contribution >= 0.6 is 11.6 Å². The topological polar surface area (TPSA) is 61.5 Å². The number of H-pyrrole nitrogens is 1. The van der Waals surface area contributed by atoms with Crippen LogP contribution in [0.25, 0.3) is 11.3 Å². The molecular weight excluding hydrogens is 431 g/mol. The van der Waals surface area contributed by atoms with Gasteiger partial charge in [-0.3, -0.25) is 14.8 Å². The van der Waals surface area contributed by atoms with E-state index in [1.807, 2.05) is 23.1 Å². The molecule has 2 aromatic carbocycles. The molecule has 1 N–H and O–H groups in total. The zero-order valence-corrected chi connectivity index (χ0v) is 18.3. The molecule has 2 aliphatic heterocycles. The van der Waals surface area contributed by atoms with Gasteiger partial charge in [0.05, 0.1) is 24.9 Å². The lowest BCUT2D eigenvalue weighted by Crippen LogP contribution is -2.38. The first-order valence-electron chi connectivity index (χ1n) is 10.8. The average molecular weight is 455 g/mol. The Morgan fingerprint density at radius 2 is 1.91 bits per heavy atom. The highest BCUT2D eigenvalue weighted by atomic mass is 35.5. The Hall–Kier alpha value is -2.74. The molecule has 1 atom stereocenters. The van der Waals surface area contributed by atoms with Gasteiger partial charge in [0.2, 0.25) is 0 Å². The van der Waals surface area contributed by atoms with Crippen LogP contribution in [0.3, 0.4) is 0 Å². The lowest BCUT2D eigenvalue weighted by atomic mass is 9.96. The van der Waals surface area contributed by atoms with Crippen LogP contribution < -0.4 is 0 Å². The van der Waals surface area contributed by atoms with E-state index < -0.39 is 6.04 Å². The molecule has 0 spiro atoms. The Balaban J connectivity index is 1.47. The van der Waals surface area contributed by atoms with Gasteiger partial charge in [-0.15, -0.1) is 0 Å². The second-order valence-electron chi connectivity index (χ2n) is 8.13.